The van der Waals surface area contributed by atoms with E-state index in [1.54, 1.807) is 24.3 Å². The summed E-state index contributed by atoms with van der Waals surface area (Å²) < 4.78 is 0. The Hall–Kier alpha value is -2.17. The van der Waals surface area contributed by atoms with Crippen molar-refractivity contribution in [3.63, 3.8) is 0 Å². The van der Waals surface area contributed by atoms with Crippen LogP contribution in [0.3, 0.4) is 0 Å². The molecule has 3 rings (SSSR count). The van der Waals surface area contributed by atoms with Crippen molar-refractivity contribution in [2.75, 3.05) is 4.90 Å². The Balaban J connectivity index is 1.65. The van der Waals surface area contributed by atoms with Gasteiger partial charge in [0.15, 0.2) is 0 Å². The first-order chi connectivity index (χ1) is 11.1. The van der Waals surface area contributed by atoms with Gasteiger partial charge in [-0.05, 0) is 37.1 Å². The fraction of sp³-hybridized carbons (Fsp3) is 0.500. The van der Waals surface area contributed by atoms with E-state index in [0.717, 1.165) is 12.8 Å². The highest BCUT2D eigenvalue weighted by atomic mass is 16.2. The van der Waals surface area contributed by atoms with Crippen LogP contribution in [0, 0.1) is 0 Å². The summed E-state index contributed by atoms with van der Waals surface area (Å²) in [6.07, 6.45) is 7.46. The summed E-state index contributed by atoms with van der Waals surface area (Å²) in [6.45, 7) is 0. The van der Waals surface area contributed by atoms with Crippen LogP contribution in [0.2, 0.25) is 0 Å². The molecule has 0 atom stereocenters. The van der Waals surface area contributed by atoms with E-state index in [1.165, 1.54) is 30.6 Å². The average Bonchev–Trinajstić information content (AvgIpc) is 2.76. The van der Waals surface area contributed by atoms with E-state index in [2.05, 4.69) is 5.32 Å². The van der Waals surface area contributed by atoms with Crippen LogP contribution in [-0.2, 0) is 9.59 Å². The Morgan fingerprint density at radius 3 is 2.04 bits per heavy atom. The van der Waals surface area contributed by atoms with Crippen LogP contribution < -0.4 is 10.2 Å². The molecule has 0 aromatic heterocycles. The smallest absolute Gasteiger partial charge is 0.251 e. The van der Waals surface area contributed by atoms with Gasteiger partial charge in [-0.3, -0.25) is 19.3 Å². The molecule has 5 nitrogen and oxygen atoms in total. The zero-order valence-electron chi connectivity index (χ0n) is 13.2. The van der Waals surface area contributed by atoms with Crippen molar-refractivity contribution in [3.05, 3.63) is 29.8 Å². The summed E-state index contributed by atoms with van der Waals surface area (Å²) in [7, 11) is 0. The van der Waals surface area contributed by atoms with E-state index >= 15 is 0 Å². The van der Waals surface area contributed by atoms with Crippen molar-refractivity contribution in [3.8, 4) is 0 Å². The standard InChI is InChI=1S/C18H22N2O3/c21-16-11-12-17(22)20(16)15-9-7-13(8-10-15)18(23)19-14-5-3-1-2-4-6-14/h7-10,14H,1-6,11-12H2,(H,19,23). The minimum atomic E-state index is -0.175. The molecule has 1 N–H and O–H groups in total. The molecule has 2 aliphatic rings. The van der Waals surface area contributed by atoms with Crippen LogP contribution in [-0.4, -0.2) is 23.8 Å². The molecule has 1 aliphatic heterocycles. The second kappa shape index (κ2) is 6.94. The van der Waals surface area contributed by atoms with Crippen LogP contribution in [0.4, 0.5) is 5.69 Å². The Kier molecular flexibility index (Phi) is 4.74. The van der Waals surface area contributed by atoms with Gasteiger partial charge in [0.05, 0.1) is 5.69 Å². The predicted octanol–water partition coefficient (Wildman–Crippen LogP) is 2.79. The number of carbonyl (C=O) groups is 3. The number of nitrogens with one attached hydrogen (secondary N) is 1. The maximum Gasteiger partial charge on any atom is 0.251 e. The van der Waals surface area contributed by atoms with E-state index in [4.69, 9.17) is 0 Å². The Morgan fingerprint density at radius 2 is 1.48 bits per heavy atom. The van der Waals surface area contributed by atoms with Gasteiger partial charge in [0.1, 0.15) is 0 Å². The first-order valence-corrected chi connectivity index (χ1v) is 8.42. The van der Waals surface area contributed by atoms with Crippen LogP contribution in [0.5, 0.6) is 0 Å². The fourth-order valence-corrected chi connectivity index (χ4v) is 3.32. The lowest BCUT2D eigenvalue weighted by Gasteiger charge is -2.17. The third-order valence-electron chi connectivity index (χ3n) is 4.63. The van der Waals surface area contributed by atoms with E-state index in [0.29, 0.717) is 11.3 Å². The van der Waals surface area contributed by atoms with Gasteiger partial charge in [0.25, 0.3) is 5.91 Å². The number of carbonyl (C=O) groups excluding carboxylic acids is 3. The Bertz CT molecular complexity index is 585. The Morgan fingerprint density at radius 1 is 0.913 bits per heavy atom. The number of anilines is 1. The minimum Gasteiger partial charge on any atom is -0.349 e. The number of rotatable bonds is 3. The minimum absolute atomic E-state index is 0.0810. The molecular formula is C18H22N2O3. The molecule has 1 saturated carbocycles. The SMILES string of the molecule is O=C(NC1CCCCCC1)c1ccc(N2C(=O)CCC2=O)cc1. The van der Waals surface area contributed by atoms with Crippen LogP contribution in [0.1, 0.15) is 61.7 Å². The van der Waals surface area contributed by atoms with Gasteiger partial charge < -0.3 is 5.32 Å². The highest BCUT2D eigenvalue weighted by Crippen LogP contribution is 2.23. The molecule has 1 saturated heterocycles. The number of nitrogens with zero attached hydrogens (tertiary/aromatic N) is 1. The number of benzene rings is 1. The molecule has 5 heteroatoms. The second-order valence-corrected chi connectivity index (χ2v) is 6.33. The second-order valence-electron chi connectivity index (χ2n) is 6.33. The van der Waals surface area contributed by atoms with Crippen molar-refractivity contribution < 1.29 is 14.4 Å². The Labute approximate surface area is 136 Å². The third-order valence-corrected chi connectivity index (χ3v) is 4.63. The molecule has 122 valence electrons. The molecule has 1 aromatic carbocycles. The van der Waals surface area contributed by atoms with Gasteiger partial charge in [-0.1, -0.05) is 25.7 Å². The molecule has 1 aromatic rings. The zero-order valence-corrected chi connectivity index (χ0v) is 13.2. The van der Waals surface area contributed by atoms with E-state index < -0.39 is 0 Å². The molecule has 0 unspecified atom stereocenters. The summed E-state index contributed by atoms with van der Waals surface area (Å²) in [6, 6.07) is 6.96. The van der Waals surface area contributed by atoms with Gasteiger partial charge in [0, 0.05) is 24.4 Å². The molecule has 0 spiro atoms. The molecule has 1 aliphatic carbocycles. The maximum absolute atomic E-state index is 12.3. The molecular weight excluding hydrogens is 292 g/mol. The van der Waals surface area contributed by atoms with E-state index in [1.807, 2.05) is 0 Å². The summed E-state index contributed by atoms with van der Waals surface area (Å²) >= 11 is 0. The van der Waals surface area contributed by atoms with Crippen molar-refractivity contribution >= 4 is 23.4 Å². The molecule has 0 bridgehead atoms. The molecule has 2 fully saturated rings. The highest BCUT2D eigenvalue weighted by molar-refractivity contribution is 6.19. The third kappa shape index (κ3) is 3.60. The quantitative estimate of drug-likeness (QED) is 0.689. The van der Waals surface area contributed by atoms with Gasteiger partial charge >= 0.3 is 0 Å². The van der Waals surface area contributed by atoms with Crippen LogP contribution in [0.15, 0.2) is 24.3 Å². The number of amides is 3. The topological polar surface area (TPSA) is 66.5 Å². The summed E-state index contributed by atoms with van der Waals surface area (Å²) in [5.74, 6) is -0.432. The van der Waals surface area contributed by atoms with Crippen LogP contribution >= 0.6 is 0 Å². The van der Waals surface area contributed by atoms with Crippen molar-refractivity contribution in [2.45, 2.75) is 57.4 Å². The largest absolute Gasteiger partial charge is 0.349 e. The normalized spacial score (nSPS) is 19.7. The van der Waals surface area contributed by atoms with Gasteiger partial charge in [0.2, 0.25) is 11.8 Å². The molecule has 1 heterocycles. The fourth-order valence-electron chi connectivity index (χ4n) is 3.32. The summed E-state index contributed by atoms with van der Waals surface area (Å²) in [5, 5.41) is 3.10. The summed E-state index contributed by atoms with van der Waals surface area (Å²) in [4.78, 5) is 37.0. The number of hydrogen-bond acceptors (Lipinski definition) is 3. The highest BCUT2D eigenvalue weighted by Gasteiger charge is 2.30. The lowest BCUT2D eigenvalue weighted by molar-refractivity contribution is -0.121. The number of hydrogen-bond donors (Lipinski definition) is 1. The van der Waals surface area contributed by atoms with Gasteiger partial charge in [-0.15, -0.1) is 0 Å². The van der Waals surface area contributed by atoms with Crippen molar-refractivity contribution in [1.82, 2.24) is 5.32 Å². The lowest BCUT2D eigenvalue weighted by atomic mass is 10.1. The van der Waals surface area contributed by atoms with Crippen LogP contribution in [0.25, 0.3) is 0 Å². The van der Waals surface area contributed by atoms with Crippen molar-refractivity contribution in [1.29, 1.82) is 0 Å². The summed E-state index contributed by atoms with van der Waals surface area (Å²) in [5.41, 5.74) is 1.11. The molecule has 23 heavy (non-hydrogen) atoms. The number of imide groups is 1. The molecule has 0 radical (unpaired) electrons. The molecule has 3 amide bonds. The average molecular weight is 314 g/mol. The lowest BCUT2D eigenvalue weighted by Crippen LogP contribution is -2.34. The predicted molar refractivity (Wildman–Crippen MR) is 87.1 cm³/mol. The van der Waals surface area contributed by atoms with E-state index in [-0.39, 0.29) is 36.6 Å². The first-order valence-electron chi connectivity index (χ1n) is 8.42. The zero-order chi connectivity index (χ0) is 16.2. The van der Waals surface area contributed by atoms with Gasteiger partial charge in [-0.2, -0.15) is 0 Å². The van der Waals surface area contributed by atoms with Gasteiger partial charge in [-0.25, -0.2) is 0 Å². The van der Waals surface area contributed by atoms with E-state index in [9.17, 15) is 14.4 Å². The first kappa shape index (κ1) is 15.7. The monoisotopic (exact) mass is 314 g/mol. The maximum atomic E-state index is 12.3. The van der Waals surface area contributed by atoms with Crippen molar-refractivity contribution in [2.24, 2.45) is 0 Å².